The summed E-state index contributed by atoms with van der Waals surface area (Å²) in [6, 6.07) is 4.35. The second-order valence-electron chi connectivity index (χ2n) is 5.07. The number of nitrogens with zero attached hydrogens (tertiary/aromatic N) is 1. The minimum atomic E-state index is -4.68. The van der Waals surface area contributed by atoms with E-state index in [-0.39, 0.29) is 5.75 Å². The molecule has 2 N–H and O–H groups in total. The molecule has 0 saturated carbocycles. The Morgan fingerprint density at radius 2 is 1.91 bits per heavy atom. The summed E-state index contributed by atoms with van der Waals surface area (Å²) in [6.45, 7) is 3.70. The quantitative estimate of drug-likeness (QED) is 0.878. The number of halogens is 3. The van der Waals surface area contributed by atoms with Gasteiger partial charge in [0, 0.05) is 11.9 Å². The number of aryl methyl sites for hydroxylation is 1. The number of ether oxygens (including phenoxy) is 1. The molecule has 2 heterocycles. The van der Waals surface area contributed by atoms with Crippen LogP contribution in [-0.4, -0.2) is 11.4 Å². The number of benzene rings is 1. The third-order valence-electron chi connectivity index (χ3n) is 3.42. The number of allylic oxidation sites excluding steroid dienone is 4. The highest BCUT2D eigenvalue weighted by Gasteiger charge is 2.31. The third kappa shape index (κ3) is 2.80. The number of rotatable bonds is 2. The van der Waals surface area contributed by atoms with Gasteiger partial charge in [-0.2, -0.15) is 0 Å². The molecule has 22 heavy (non-hydrogen) atoms. The molecule has 0 amide bonds. The van der Waals surface area contributed by atoms with E-state index in [0.717, 1.165) is 22.5 Å². The van der Waals surface area contributed by atoms with Crippen LogP contribution in [0.3, 0.4) is 0 Å². The molecule has 1 aromatic rings. The molecule has 0 radical (unpaired) electrons. The minimum absolute atomic E-state index is 0.212. The Kier molecular flexibility index (Phi) is 3.37. The van der Waals surface area contributed by atoms with Gasteiger partial charge in [0.25, 0.3) is 0 Å². The minimum Gasteiger partial charge on any atom is -0.406 e. The van der Waals surface area contributed by atoms with Crippen LogP contribution in [0.2, 0.25) is 0 Å². The number of hydrogen-bond acceptors (Lipinski definition) is 4. The zero-order chi connectivity index (χ0) is 15.9. The smallest absolute Gasteiger partial charge is 0.406 e. The van der Waals surface area contributed by atoms with Crippen molar-refractivity contribution >= 4 is 5.57 Å². The lowest BCUT2D eigenvalue weighted by Gasteiger charge is -2.25. The summed E-state index contributed by atoms with van der Waals surface area (Å²) < 4.78 is 40.7. The lowest BCUT2D eigenvalue weighted by atomic mass is 9.97. The van der Waals surface area contributed by atoms with Crippen molar-refractivity contribution in [1.29, 1.82) is 0 Å². The summed E-state index contributed by atoms with van der Waals surface area (Å²) in [5.41, 5.74) is 10.3. The third-order valence-corrected chi connectivity index (χ3v) is 3.42. The number of nitrogens with one attached hydrogen (secondary N) is 2. The molecule has 3 rings (SSSR count). The van der Waals surface area contributed by atoms with Crippen LogP contribution >= 0.6 is 0 Å². The maximum Gasteiger partial charge on any atom is 0.573 e. The van der Waals surface area contributed by atoms with E-state index in [1.807, 2.05) is 30.3 Å². The highest BCUT2D eigenvalue weighted by Crippen LogP contribution is 2.32. The Labute approximate surface area is 125 Å². The lowest BCUT2D eigenvalue weighted by molar-refractivity contribution is -0.274. The zero-order valence-electron chi connectivity index (χ0n) is 12.0. The monoisotopic (exact) mass is 309 g/mol. The molecule has 2 aliphatic rings. The van der Waals surface area contributed by atoms with Crippen molar-refractivity contribution in [3.63, 3.8) is 0 Å². The molecule has 0 atom stereocenters. The number of fused-ring (bicyclic) bond motifs is 1. The second-order valence-corrected chi connectivity index (χ2v) is 5.07. The number of alkyl halides is 3. The Morgan fingerprint density at radius 1 is 1.14 bits per heavy atom. The summed E-state index contributed by atoms with van der Waals surface area (Å²) in [5.74, 6) is -0.212. The topological polar surface area (TPSA) is 36.5 Å². The molecule has 4 nitrogen and oxygen atoms in total. The van der Waals surface area contributed by atoms with Gasteiger partial charge in [0.2, 0.25) is 0 Å². The van der Waals surface area contributed by atoms with E-state index in [1.165, 1.54) is 12.1 Å². The Hall–Kier alpha value is -2.41. The van der Waals surface area contributed by atoms with Crippen molar-refractivity contribution in [2.75, 3.05) is 0 Å². The van der Waals surface area contributed by atoms with E-state index in [0.29, 0.717) is 5.56 Å². The number of hydrogen-bond donors (Lipinski definition) is 2. The molecular formula is C15H14F3N3O. The predicted octanol–water partition coefficient (Wildman–Crippen LogP) is 3.36. The number of hydrazine groups is 2. The fraction of sp³-hybridized carbons (Fsp3) is 0.200. The van der Waals surface area contributed by atoms with E-state index < -0.39 is 6.36 Å². The van der Waals surface area contributed by atoms with Gasteiger partial charge in [-0.1, -0.05) is 6.07 Å². The van der Waals surface area contributed by atoms with Gasteiger partial charge in [0.1, 0.15) is 5.75 Å². The summed E-state index contributed by atoms with van der Waals surface area (Å²) in [6.07, 6.45) is 1.05. The van der Waals surface area contributed by atoms with Crippen molar-refractivity contribution in [3.8, 4) is 5.75 Å². The van der Waals surface area contributed by atoms with Gasteiger partial charge in [-0.15, -0.1) is 18.7 Å². The average molecular weight is 309 g/mol. The van der Waals surface area contributed by atoms with Crippen LogP contribution in [-0.2, 0) is 0 Å². The van der Waals surface area contributed by atoms with Crippen LogP contribution in [0, 0.1) is 6.92 Å². The van der Waals surface area contributed by atoms with Crippen molar-refractivity contribution in [2.24, 2.45) is 0 Å². The summed E-state index contributed by atoms with van der Waals surface area (Å²) in [4.78, 5) is 0. The molecule has 1 aromatic carbocycles. The van der Waals surface area contributed by atoms with Crippen LogP contribution in [0.25, 0.3) is 5.57 Å². The fourth-order valence-electron chi connectivity index (χ4n) is 2.50. The first-order chi connectivity index (χ1) is 10.3. The highest BCUT2D eigenvalue weighted by atomic mass is 19.4. The van der Waals surface area contributed by atoms with Gasteiger partial charge < -0.3 is 10.2 Å². The first-order valence-corrected chi connectivity index (χ1v) is 6.62. The van der Waals surface area contributed by atoms with Crippen molar-refractivity contribution < 1.29 is 17.9 Å². The average Bonchev–Trinajstić information content (AvgIpc) is 2.85. The zero-order valence-corrected chi connectivity index (χ0v) is 12.0. The van der Waals surface area contributed by atoms with E-state index in [4.69, 9.17) is 0 Å². The van der Waals surface area contributed by atoms with Crippen molar-refractivity contribution in [2.45, 2.75) is 20.2 Å². The van der Waals surface area contributed by atoms with Gasteiger partial charge in [-0.05, 0) is 54.8 Å². The molecule has 116 valence electrons. The standard InChI is InChI=1S/C15H14F3N3O/c1-9-5-13(22-15(16,17)18)3-4-14(9)11-6-10(2)21-12(7-11)8-19-20-21/h3-8,19-20H,1-2H3. The molecule has 7 heteroatoms. The second kappa shape index (κ2) is 5.10. The van der Waals surface area contributed by atoms with E-state index in [9.17, 15) is 13.2 Å². The SMILES string of the molecule is CC1=CC(c2ccc(OC(F)(F)F)cc2C)=CC2=CNNN12. The molecule has 0 aliphatic carbocycles. The molecule has 0 aromatic heterocycles. The molecule has 0 fully saturated rings. The first kappa shape index (κ1) is 14.5. The maximum atomic E-state index is 12.3. The lowest BCUT2D eigenvalue weighted by Crippen LogP contribution is -2.36. The van der Waals surface area contributed by atoms with Crippen LogP contribution in [0.15, 0.2) is 47.9 Å². The van der Waals surface area contributed by atoms with E-state index in [1.54, 1.807) is 13.0 Å². The summed E-state index contributed by atoms with van der Waals surface area (Å²) >= 11 is 0. The Bertz CT molecular complexity index is 704. The van der Waals surface area contributed by atoms with Crippen LogP contribution < -0.4 is 15.7 Å². The summed E-state index contributed by atoms with van der Waals surface area (Å²) in [7, 11) is 0. The van der Waals surface area contributed by atoms with Crippen LogP contribution in [0.1, 0.15) is 18.1 Å². The fourth-order valence-corrected chi connectivity index (χ4v) is 2.50. The molecule has 2 aliphatic heterocycles. The summed E-state index contributed by atoms with van der Waals surface area (Å²) in [5, 5.41) is 1.87. The van der Waals surface area contributed by atoms with E-state index in [2.05, 4.69) is 15.7 Å². The highest BCUT2D eigenvalue weighted by molar-refractivity contribution is 5.80. The normalized spacial score (nSPS) is 17.3. The van der Waals surface area contributed by atoms with Gasteiger partial charge in [0.15, 0.2) is 0 Å². The Balaban J connectivity index is 1.93. The van der Waals surface area contributed by atoms with Crippen molar-refractivity contribution in [3.05, 3.63) is 59.1 Å². The molecule has 0 saturated heterocycles. The molecular weight excluding hydrogens is 295 g/mol. The van der Waals surface area contributed by atoms with Gasteiger partial charge in [-0.25, -0.2) is 0 Å². The largest absolute Gasteiger partial charge is 0.573 e. The van der Waals surface area contributed by atoms with Crippen LogP contribution in [0.4, 0.5) is 13.2 Å². The Morgan fingerprint density at radius 3 is 2.59 bits per heavy atom. The van der Waals surface area contributed by atoms with Gasteiger partial charge >= 0.3 is 6.36 Å². The van der Waals surface area contributed by atoms with Crippen molar-refractivity contribution in [1.82, 2.24) is 16.0 Å². The predicted molar refractivity (Wildman–Crippen MR) is 75.8 cm³/mol. The van der Waals surface area contributed by atoms with Crippen LogP contribution in [0.5, 0.6) is 5.75 Å². The molecule has 0 unspecified atom stereocenters. The maximum absolute atomic E-state index is 12.3. The first-order valence-electron chi connectivity index (χ1n) is 6.62. The van der Waals surface area contributed by atoms with E-state index >= 15 is 0 Å². The van der Waals surface area contributed by atoms with Gasteiger partial charge in [-0.3, -0.25) is 5.01 Å². The molecule has 0 bridgehead atoms. The van der Waals surface area contributed by atoms with Gasteiger partial charge in [0.05, 0.1) is 5.70 Å². The molecule has 0 spiro atoms.